The second kappa shape index (κ2) is 7.81. The van der Waals surface area contributed by atoms with E-state index in [0.717, 1.165) is 32.5 Å². The summed E-state index contributed by atoms with van der Waals surface area (Å²) >= 11 is 0. The maximum Gasteiger partial charge on any atom is 0.407 e. The van der Waals surface area contributed by atoms with E-state index in [4.69, 9.17) is 14.2 Å². The zero-order valence-electron chi connectivity index (χ0n) is 15.1. The highest BCUT2D eigenvalue weighted by Gasteiger charge is 2.53. The van der Waals surface area contributed by atoms with E-state index in [1.54, 1.807) is 7.11 Å². The highest BCUT2D eigenvalue weighted by atomic mass is 16.6. The number of carbonyl (C=O) groups is 1. The Bertz CT molecular complexity index is 397. The van der Waals surface area contributed by atoms with Gasteiger partial charge in [-0.25, -0.2) is 4.79 Å². The lowest BCUT2D eigenvalue weighted by Crippen LogP contribution is -2.74. The van der Waals surface area contributed by atoms with Crippen LogP contribution in [0.25, 0.3) is 0 Å². The molecule has 134 valence electrons. The van der Waals surface area contributed by atoms with Gasteiger partial charge in [0.15, 0.2) is 0 Å². The largest absolute Gasteiger partial charge is 0.444 e. The number of fused-ring (bicyclic) bond motifs is 1. The van der Waals surface area contributed by atoms with Crippen LogP contribution >= 0.6 is 0 Å². The molecule has 0 aromatic heterocycles. The molecule has 1 amide bonds. The quantitative estimate of drug-likeness (QED) is 0.781. The van der Waals surface area contributed by atoms with Crippen molar-refractivity contribution in [3.63, 3.8) is 0 Å². The van der Waals surface area contributed by atoms with Gasteiger partial charge < -0.3 is 24.8 Å². The molecule has 2 aliphatic rings. The molecular formula is C17H32N2O4. The fourth-order valence-electron chi connectivity index (χ4n) is 3.45. The van der Waals surface area contributed by atoms with E-state index in [0.29, 0.717) is 12.0 Å². The van der Waals surface area contributed by atoms with Crippen molar-refractivity contribution in [1.29, 1.82) is 0 Å². The van der Waals surface area contributed by atoms with Crippen LogP contribution in [0, 0.1) is 5.92 Å². The number of amides is 1. The van der Waals surface area contributed by atoms with E-state index >= 15 is 0 Å². The average Bonchev–Trinajstić information content (AvgIpc) is 2.46. The number of carbonyl (C=O) groups excluding carboxylic acids is 1. The molecule has 5 atom stereocenters. The zero-order valence-corrected chi connectivity index (χ0v) is 15.1. The number of nitrogens with one attached hydrogen (secondary N) is 2. The lowest BCUT2D eigenvalue weighted by molar-refractivity contribution is -0.130. The molecule has 0 aromatic rings. The number of alkyl carbamates (subject to hydrolysis) is 1. The van der Waals surface area contributed by atoms with E-state index in [2.05, 4.69) is 17.6 Å². The Hall–Kier alpha value is -0.850. The van der Waals surface area contributed by atoms with Crippen molar-refractivity contribution in [1.82, 2.24) is 10.6 Å². The number of rotatable bonds is 6. The summed E-state index contributed by atoms with van der Waals surface area (Å²) in [4.78, 5) is 12.1. The second-order valence-electron chi connectivity index (χ2n) is 7.69. The number of methoxy groups -OCH3 is 1. The van der Waals surface area contributed by atoms with Crippen LogP contribution in [0.2, 0.25) is 0 Å². The van der Waals surface area contributed by atoms with Gasteiger partial charge >= 0.3 is 6.09 Å². The van der Waals surface area contributed by atoms with E-state index in [-0.39, 0.29) is 24.3 Å². The molecule has 1 heterocycles. The van der Waals surface area contributed by atoms with Gasteiger partial charge in [0, 0.05) is 32.3 Å². The number of ether oxygens (including phenoxy) is 3. The normalized spacial score (nSPS) is 31.7. The first-order valence-electron chi connectivity index (χ1n) is 8.68. The molecule has 0 spiro atoms. The van der Waals surface area contributed by atoms with Gasteiger partial charge in [0.2, 0.25) is 0 Å². The highest BCUT2D eigenvalue weighted by Crippen LogP contribution is 2.38. The minimum Gasteiger partial charge on any atom is -0.444 e. The van der Waals surface area contributed by atoms with Crippen LogP contribution in [0.3, 0.4) is 0 Å². The summed E-state index contributed by atoms with van der Waals surface area (Å²) in [5.41, 5.74) is -0.481. The summed E-state index contributed by atoms with van der Waals surface area (Å²) in [5, 5.41) is 6.64. The standard InChI is InChI=1S/C17H32N2O4/c1-11(8-10-21-5)18-14-13(12-7-6-9-22-15(12)14)19-16(20)23-17(2,3)4/h11-15,18H,6-10H2,1-5H3,(H,19,20). The summed E-state index contributed by atoms with van der Waals surface area (Å²) in [6.45, 7) is 9.30. The molecule has 1 saturated carbocycles. The predicted molar refractivity (Wildman–Crippen MR) is 88.5 cm³/mol. The van der Waals surface area contributed by atoms with Crippen molar-refractivity contribution in [3.8, 4) is 0 Å². The lowest BCUT2D eigenvalue weighted by Gasteiger charge is -2.54. The van der Waals surface area contributed by atoms with Gasteiger partial charge in [-0.2, -0.15) is 0 Å². The molecular weight excluding hydrogens is 296 g/mol. The lowest BCUT2D eigenvalue weighted by atomic mass is 9.68. The summed E-state index contributed by atoms with van der Waals surface area (Å²) in [5.74, 6) is 0.378. The third-order valence-electron chi connectivity index (χ3n) is 4.53. The monoisotopic (exact) mass is 328 g/mol. The van der Waals surface area contributed by atoms with Crippen LogP contribution < -0.4 is 10.6 Å². The first kappa shape index (κ1) is 18.5. The predicted octanol–water partition coefficient (Wildman–Crippen LogP) is 2.07. The Morgan fingerprint density at radius 1 is 1.35 bits per heavy atom. The maximum absolute atomic E-state index is 12.1. The molecule has 0 bridgehead atoms. The van der Waals surface area contributed by atoms with Crippen molar-refractivity contribution in [2.75, 3.05) is 20.3 Å². The Morgan fingerprint density at radius 2 is 2.09 bits per heavy atom. The number of hydrogen-bond donors (Lipinski definition) is 2. The van der Waals surface area contributed by atoms with Crippen LogP contribution in [0.15, 0.2) is 0 Å². The SMILES string of the molecule is COCCC(C)NC1C(NC(=O)OC(C)(C)C)C2CCCOC21. The summed E-state index contributed by atoms with van der Waals surface area (Å²) < 4.78 is 16.5. The first-order valence-corrected chi connectivity index (χ1v) is 8.68. The Morgan fingerprint density at radius 3 is 2.74 bits per heavy atom. The van der Waals surface area contributed by atoms with Crippen molar-refractivity contribution in [2.24, 2.45) is 5.92 Å². The summed E-state index contributed by atoms with van der Waals surface area (Å²) in [6.07, 6.45) is 2.93. The molecule has 6 nitrogen and oxygen atoms in total. The first-order chi connectivity index (χ1) is 10.8. The fourth-order valence-corrected chi connectivity index (χ4v) is 3.45. The summed E-state index contributed by atoms with van der Waals surface area (Å²) in [7, 11) is 1.71. The van der Waals surface area contributed by atoms with Crippen LogP contribution in [-0.2, 0) is 14.2 Å². The van der Waals surface area contributed by atoms with E-state index in [1.807, 2.05) is 20.8 Å². The molecule has 2 rings (SSSR count). The molecule has 2 fully saturated rings. The van der Waals surface area contributed by atoms with Crippen LogP contribution in [0.4, 0.5) is 4.79 Å². The Balaban J connectivity index is 1.92. The molecule has 23 heavy (non-hydrogen) atoms. The van der Waals surface area contributed by atoms with Crippen molar-refractivity contribution < 1.29 is 19.0 Å². The third kappa shape index (κ3) is 5.06. The van der Waals surface area contributed by atoms with Gasteiger partial charge in [-0.05, 0) is 47.0 Å². The van der Waals surface area contributed by atoms with E-state index < -0.39 is 5.60 Å². The third-order valence-corrected chi connectivity index (χ3v) is 4.53. The van der Waals surface area contributed by atoms with Crippen LogP contribution in [0.5, 0.6) is 0 Å². The average molecular weight is 328 g/mol. The smallest absolute Gasteiger partial charge is 0.407 e. The van der Waals surface area contributed by atoms with Gasteiger partial charge in [0.1, 0.15) is 5.60 Å². The zero-order chi connectivity index (χ0) is 17.0. The molecule has 1 aliphatic carbocycles. The molecule has 6 heteroatoms. The summed E-state index contributed by atoms with van der Waals surface area (Å²) in [6, 6.07) is 0.522. The molecule has 0 radical (unpaired) electrons. The Kier molecular flexibility index (Phi) is 6.28. The van der Waals surface area contributed by atoms with Gasteiger partial charge in [0.25, 0.3) is 0 Å². The molecule has 0 aromatic carbocycles. The van der Waals surface area contributed by atoms with Crippen LogP contribution in [0.1, 0.15) is 47.0 Å². The van der Waals surface area contributed by atoms with Gasteiger partial charge in [-0.1, -0.05) is 0 Å². The Labute approximate surface area is 139 Å². The maximum atomic E-state index is 12.1. The molecule has 5 unspecified atom stereocenters. The van der Waals surface area contributed by atoms with Gasteiger partial charge in [-0.15, -0.1) is 0 Å². The van der Waals surface area contributed by atoms with Crippen molar-refractivity contribution >= 4 is 6.09 Å². The van der Waals surface area contributed by atoms with Crippen LogP contribution in [-0.4, -0.2) is 56.2 Å². The van der Waals surface area contributed by atoms with Gasteiger partial charge in [-0.3, -0.25) is 0 Å². The second-order valence-corrected chi connectivity index (χ2v) is 7.69. The molecule has 1 saturated heterocycles. The minimum atomic E-state index is -0.481. The molecule has 2 N–H and O–H groups in total. The van der Waals surface area contributed by atoms with Crippen molar-refractivity contribution in [2.45, 2.75) is 76.8 Å². The van der Waals surface area contributed by atoms with Crippen molar-refractivity contribution in [3.05, 3.63) is 0 Å². The minimum absolute atomic E-state index is 0.0696. The fraction of sp³-hybridized carbons (Fsp3) is 0.941. The van der Waals surface area contributed by atoms with Gasteiger partial charge in [0.05, 0.1) is 18.2 Å². The van der Waals surface area contributed by atoms with E-state index in [9.17, 15) is 4.79 Å². The number of hydrogen-bond acceptors (Lipinski definition) is 5. The molecule has 1 aliphatic heterocycles. The van der Waals surface area contributed by atoms with E-state index in [1.165, 1.54) is 0 Å². The topological polar surface area (TPSA) is 68.8 Å². The highest BCUT2D eigenvalue weighted by molar-refractivity contribution is 5.68.